The van der Waals surface area contributed by atoms with Crippen LogP contribution in [0.3, 0.4) is 0 Å². The van der Waals surface area contributed by atoms with Crippen LogP contribution in [-0.2, 0) is 20.0 Å². The molecule has 0 saturated heterocycles. The average molecular weight is 296 g/mol. The molecular formula is C15H21O4P. The molecule has 110 valence electrons. The highest BCUT2D eigenvalue weighted by Gasteiger charge is 2.35. The first-order valence-electron chi connectivity index (χ1n) is 7.10. The predicted molar refractivity (Wildman–Crippen MR) is 78.3 cm³/mol. The van der Waals surface area contributed by atoms with Crippen LogP contribution in [0.1, 0.15) is 36.2 Å². The van der Waals surface area contributed by atoms with Crippen LogP contribution in [0, 0.1) is 5.92 Å². The molecule has 0 spiro atoms. The quantitative estimate of drug-likeness (QED) is 0.751. The number of carbonyl (C=O) groups excluding carboxylic acids is 1. The zero-order valence-corrected chi connectivity index (χ0v) is 12.9. The van der Waals surface area contributed by atoms with Crippen molar-refractivity contribution >= 4 is 13.4 Å². The molecule has 0 radical (unpaired) electrons. The van der Waals surface area contributed by atoms with Crippen molar-refractivity contribution < 1.29 is 18.4 Å². The lowest BCUT2D eigenvalue weighted by atomic mass is 9.84. The van der Waals surface area contributed by atoms with Crippen LogP contribution in [0.25, 0.3) is 0 Å². The van der Waals surface area contributed by atoms with Crippen molar-refractivity contribution in [3.05, 3.63) is 35.4 Å². The second kappa shape index (κ2) is 6.66. The van der Waals surface area contributed by atoms with Gasteiger partial charge in [0.2, 0.25) is 0 Å². The maximum absolute atomic E-state index is 12.5. The lowest BCUT2D eigenvalue weighted by Crippen LogP contribution is -2.26. The minimum absolute atomic E-state index is 0.0616. The highest BCUT2D eigenvalue weighted by Crippen LogP contribution is 2.51. The van der Waals surface area contributed by atoms with Gasteiger partial charge in [0.1, 0.15) is 0 Å². The highest BCUT2D eigenvalue weighted by atomic mass is 31.2. The normalized spacial score (nSPS) is 18.9. The maximum atomic E-state index is 12.5. The van der Waals surface area contributed by atoms with Gasteiger partial charge in [0.25, 0.3) is 0 Å². The van der Waals surface area contributed by atoms with Crippen molar-refractivity contribution in [3.63, 3.8) is 0 Å². The third-order valence-electron chi connectivity index (χ3n) is 3.51. The van der Waals surface area contributed by atoms with E-state index >= 15 is 0 Å². The van der Waals surface area contributed by atoms with Gasteiger partial charge in [-0.2, -0.15) is 0 Å². The Morgan fingerprint density at radius 1 is 1.20 bits per heavy atom. The lowest BCUT2D eigenvalue weighted by Gasteiger charge is -2.26. The van der Waals surface area contributed by atoms with E-state index < -0.39 is 7.60 Å². The van der Waals surface area contributed by atoms with Crippen LogP contribution in [-0.4, -0.2) is 25.2 Å². The third-order valence-corrected chi connectivity index (χ3v) is 5.70. The summed E-state index contributed by atoms with van der Waals surface area (Å²) in [6.07, 6.45) is 1.73. The summed E-state index contributed by atoms with van der Waals surface area (Å²) in [6.45, 7) is 4.22. The van der Waals surface area contributed by atoms with Gasteiger partial charge in [0, 0.05) is 11.5 Å². The molecular weight excluding hydrogens is 275 g/mol. The molecule has 1 aliphatic rings. The molecule has 1 atom stereocenters. The van der Waals surface area contributed by atoms with Gasteiger partial charge < -0.3 is 9.05 Å². The molecule has 5 heteroatoms. The Kier molecular flexibility index (Phi) is 5.14. The van der Waals surface area contributed by atoms with Gasteiger partial charge in [-0.05, 0) is 32.3 Å². The molecule has 1 aliphatic carbocycles. The summed E-state index contributed by atoms with van der Waals surface area (Å²) in [4.78, 5) is 12.5. The first-order valence-corrected chi connectivity index (χ1v) is 8.82. The monoisotopic (exact) mass is 296 g/mol. The molecule has 1 aromatic carbocycles. The third kappa shape index (κ3) is 3.38. The molecule has 0 fully saturated rings. The molecule has 1 aromatic rings. The SMILES string of the molecule is CCOP(=O)(CC1CCc2ccccc2C1=O)OCC. The van der Waals surface area contributed by atoms with E-state index in [2.05, 4.69) is 0 Å². The van der Waals surface area contributed by atoms with Crippen molar-refractivity contribution in [3.8, 4) is 0 Å². The van der Waals surface area contributed by atoms with Crippen LogP contribution >= 0.6 is 7.60 Å². The molecule has 0 aromatic heterocycles. The van der Waals surface area contributed by atoms with E-state index in [0.717, 1.165) is 17.5 Å². The molecule has 0 heterocycles. The number of hydrogen-bond donors (Lipinski definition) is 0. The predicted octanol–water partition coefficient (Wildman–Crippen LogP) is 3.70. The number of fused-ring (bicyclic) bond motifs is 1. The second-order valence-electron chi connectivity index (χ2n) is 4.89. The fraction of sp³-hybridized carbons (Fsp3) is 0.533. The van der Waals surface area contributed by atoms with Gasteiger partial charge in [-0.3, -0.25) is 9.36 Å². The molecule has 0 N–H and O–H groups in total. The zero-order valence-electron chi connectivity index (χ0n) is 12.0. The zero-order chi connectivity index (χ0) is 14.6. The molecule has 0 bridgehead atoms. The summed E-state index contributed by atoms with van der Waals surface area (Å²) in [5.41, 5.74) is 1.83. The minimum Gasteiger partial charge on any atom is -0.309 e. The summed E-state index contributed by atoms with van der Waals surface area (Å²) in [6, 6.07) is 7.63. The fourth-order valence-electron chi connectivity index (χ4n) is 2.64. The Labute approximate surface area is 120 Å². The van der Waals surface area contributed by atoms with Gasteiger partial charge in [-0.15, -0.1) is 0 Å². The molecule has 0 amide bonds. The first kappa shape index (κ1) is 15.4. The van der Waals surface area contributed by atoms with Crippen LogP contribution < -0.4 is 0 Å². The van der Waals surface area contributed by atoms with Crippen LogP contribution in [0.4, 0.5) is 0 Å². The standard InChI is InChI=1S/C15H21O4P/c1-3-18-20(17,19-4-2)11-13-10-9-12-7-5-6-8-14(12)15(13)16/h5-8,13H,3-4,9-11H2,1-2H3. The van der Waals surface area contributed by atoms with Gasteiger partial charge in [0.05, 0.1) is 19.4 Å². The molecule has 2 rings (SSSR count). The number of ketones is 1. The number of benzene rings is 1. The summed E-state index contributed by atoms with van der Waals surface area (Å²) in [5, 5.41) is 0. The summed E-state index contributed by atoms with van der Waals surface area (Å²) < 4.78 is 23.1. The number of carbonyl (C=O) groups is 1. The Bertz CT molecular complexity index is 516. The second-order valence-corrected chi connectivity index (χ2v) is 6.99. The van der Waals surface area contributed by atoms with E-state index in [4.69, 9.17) is 9.05 Å². The molecule has 1 unspecified atom stereocenters. The largest absolute Gasteiger partial charge is 0.331 e. The van der Waals surface area contributed by atoms with Gasteiger partial charge in [-0.1, -0.05) is 24.3 Å². The van der Waals surface area contributed by atoms with Crippen molar-refractivity contribution in [1.82, 2.24) is 0 Å². The Hall–Kier alpha value is -0.960. The van der Waals surface area contributed by atoms with E-state index in [-0.39, 0.29) is 17.9 Å². The molecule has 0 aliphatic heterocycles. The Morgan fingerprint density at radius 2 is 1.85 bits per heavy atom. The molecule has 20 heavy (non-hydrogen) atoms. The lowest BCUT2D eigenvalue weighted by molar-refractivity contribution is 0.0907. The van der Waals surface area contributed by atoms with Crippen LogP contribution in [0.5, 0.6) is 0 Å². The number of hydrogen-bond acceptors (Lipinski definition) is 4. The van der Waals surface area contributed by atoms with E-state index in [1.54, 1.807) is 13.8 Å². The molecule has 0 saturated carbocycles. The van der Waals surface area contributed by atoms with Crippen LogP contribution in [0.15, 0.2) is 24.3 Å². The van der Waals surface area contributed by atoms with E-state index in [1.807, 2.05) is 24.3 Å². The summed E-state index contributed by atoms with van der Waals surface area (Å²) in [5.74, 6) is -0.208. The fourth-order valence-corrected chi connectivity index (χ4v) is 4.60. The van der Waals surface area contributed by atoms with Crippen molar-refractivity contribution in [2.45, 2.75) is 26.7 Å². The summed E-state index contributed by atoms with van der Waals surface area (Å²) >= 11 is 0. The highest BCUT2D eigenvalue weighted by molar-refractivity contribution is 7.53. The number of rotatable bonds is 6. The average Bonchev–Trinajstić information content (AvgIpc) is 2.43. The van der Waals surface area contributed by atoms with E-state index in [1.165, 1.54) is 0 Å². The van der Waals surface area contributed by atoms with E-state index in [9.17, 15) is 9.36 Å². The number of Topliss-reactive ketones (excluding diaryl/α,β-unsaturated/α-hetero) is 1. The Morgan fingerprint density at radius 3 is 2.50 bits per heavy atom. The summed E-state index contributed by atoms with van der Waals surface area (Å²) in [7, 11) is -3.16. The first-order chi connectivity index (χ1) is 9.59. The molecule has 4 nitrogen and oxygen atoms in total. The van der Waals surface area contributed by atoms with Crippen molar-refractivity contribution in [1.29, 1.82) is 0 Å². The van der Waals surface area contributed by atoms with Gasteiger partial charge >= 0.3 is 7.60 Å². The Balaban J connectivity index is 2.15. The van der Waals surface area contributed by atoms with Gasteiger partial charge in [-0.25, -0.2) is 0 Å². The maximum Gasteiger partial charge on any atom is 0.331 e. The van der Waals surface area contributed by atoms with Crippen molar-refractivity contribution in [2.24, 2.45) is 5.92 Å². The smallest absolute Gasteiger partial charge is 0.309 e. The van der Waals surface area contributed by atoms with Crippen LogP contribution in [0.2, 0.25) is 0 Å². The number of aryl methyl sites for hydroxylation is 1. The minimum atomic E-state index is -3.16. The van der Waals surface area contributed by atoms with Crippen molar-refractivity contribution in [2.75, 3.05) is 19.4 Å². The topological polar surface area (TPSA) is 52.6 Å². The van der Waals surface area contributed by atoms with Gasteiger partial charge in [0.15, 0.2) is 5.78 Å². The van der Waals surface area contributed by atoms with E-state index in [0.29, 0.717) is 19.6 Å².